The minimum Gasteiger partial charge on any atom is -0.345 e. The van der Waals surface area contributed by atoms with Crippen LogP contribution in [0.1, 0.15) is 70.0 Å². The first-order chi connectivity index (χ1) is 15.9. The van der Waals surface area contributed by atoms with E-state index < -0.39 is 11.7 Å². The molecule has 1 aliphatic carbocycles. The largest absolute Gasteiger partial charge is 0.345 e. The molecule has 1 spiro atoms. The van der Waals surface area contributed by atoms with Crippen LogP contribution < -0.4 is 10.6 Å². The van der Waals surface area contributed by atoms with Gasteiger partial charge in [0.05, 0.1) is 11.6 Å². The van der Waals surface area contributed by atoms with Crippen molar-refractivity contribution in [3.8, 4) is 0 Å². The molecule has 2 amide bonds. The molecule has 2 aromatic rings. The average molecular weight is 470 g/mol. The Morgan fingerprint density at radius 1 is 1.06 bits per heavy atom. The number of nitrogens with zero attached hydrogens (tertiary/aromatic N) is 1. The van der Waals surface area contributed by atoms with E-state index in [0.29, 0.717) is 16.0 Å². The lowest BCUT2D eigenvalue weighted by Gasteiger charge is -2.44. The second-order valence-electron chi connectivity index (χ2n) is 9.64. The molecule has 1 atom stereocenters. The lowest BCUT2D eigenvalue weighted by atomic mass is 9.71. The van der Waals surface area contributed by atoms with Crippen molar-refractivity contribution >= 4 is 23.4 Å². The van der Waals surface area contributed by atoms with Gasteiger partial charge in [-0.15, -0.1) is 0 Å². The first-order valence-electron chi connectivity index (χ1n) is 11.8. The highest BCUT2D eigenvalue weighted by atomic mass is 35.5. The minimum absolute atomic E-state index is 0.0550. The van der Waals surface area contributed by atoms with Gasteiger partial charge in [-0.05, 0) is 98.5 Å². The van der Waals surface area contributed by atoms with Crippen LogP contribution in [0.15, 0.2) is 36.4 Å². The number of rotatable bonds is 3. The molecule has 2 N–H and O–H groups in total. The van der Waals surface area contributed by atoms with E-state index in [2.05, 4.69) is 10.6 Å². The molecule has 0 radical (unpaired) electrons. The average Bonchev–Trinajstić information content (AvgIpc) is 3.23. The molecule has 5 nitrogen and oxygen atoms in total. The predicted molar refractivity (Wildman–Crippen MR) is 126 cm³/mol. The minimum atomic E-state index is -0.601. The zero-order valence-corrected chi connectivity index (χ0v) is 19.4. The van der Waals surface area contributed by atoms with Crippen LogP contribution in [0.2, 0.25) is 5.02 Å². The lowest BCUT2D eigenvalue weighted by Crippen LogP contribution is -2.47. The predicted octanol–water partition coefficient (Wildman–Crippen LogP) is 4.50. The topological polar surface area (TPSA) is 61.4 Å². The van der Waals surface area contributed by atoms with Crippen LogP contribution in [0.4, 0.5) is 4.39 Å². The molecular formula is C26H29ClFN3O2. The number of hydrogen-bond donors (Lipinski definition) is 2. The Kier molecular flexibility index (Phi) is 6.14. The molecule has 5 rings (SSSR count). The Balaban J connectivity index is 1.28. The van der Waals surface area contributed by atoms with Crippen LogP contribution in [0.5, 0.6) is 0 Å². The SMILES string of the molecule is O=C(NC1CCc2ccc(C(=O)N3CCC4(CCNCC4)CC3)cc21)c1cc(Cl)ccc1F. The van der Waals surface area contributed by atoms with E-state index in [9.17, 15) is 14.0 Å². The molecule has 1 unspecified atom stereocenters. The van der Waals surface area contributed by atoms with Gasteiger partial charge in [0.25, 0.3) is 11.8 Å². The number of likely N-dealkylation sites (tertiary alicyclic amines) is 1. The Labute approximate surface area is 198 Å². The van der Waals surface area contributed by atoms with Crippen molar-refractivity contribution in [1.29, 1.82) is 0 Å². The monoisotopic (exact) mass is 469 g/mol. The summed E-state index contributed by atoms with van der Waals surface area (Å²) in [4.78, 5) is 27.9. The third-order valence-corrected chi connectivity index (χ3v) is 7.96. The molecule has 33 heavy (non-hydrogen) atoms. The first kappa shape index (κ1) is 22.4. The highest BCUT2D eigenvalue weighted by Gasteiger charge is 2.37. The van der Waals surface area contributed by atoms with E-state index in [1.54, 1.807) is 0 Å². The van der Waals surface area contributed by atoms with E-state index in [1.165, 1.54) is 31.0 Å². The summed E-state index contributed by atoms with van der Waals surface area (Å²) in [7, 11) is 0. The Morgan fingerprint density at radius 2 is 1.82 bits per heavy atom. The number of nitrogens with one attached hydrogen (secondary N) is 2. The Bertz CT molecular complexity index is 1070. The van der Waals surface area contributed by atoms with E-state index in [0.717, 1.165) is 63.0 Å². The fraction of sp³-hybridized carbons (Fsp3) is 0.462. The van der Waals surface area contributed by atoms with Gasteiger partial charge >= 0.3 is 0 Å². The fourth-order valence-corrected chi connectivity index (χ4v) is 5.79. The van der Waals surface area contributed by atoms with Crippen molar-refractivity contribution in [1.82, 2.24) is 15.5 Å². The van der Waals surface area contributed by atoms with Gasteiger partial charge in [0.2, 0.25) is 0 Å². The molecule has 2 aromatic carbocycles. The summed E-state index contributed by atoms with van der Waals surface area (Å²) in [5.74, 6) is -1.04. The van der Waals surface area contributed by atoms with Crippen LogP contribution in [0, 0.1) is 11.2 Å². The van der Waals surface area contributed by atoms with Crippen LogP contribution in [-0.2, 0) is 6.42 Å². The quantitative estimate of drug-likeness (QED) is 0.695. The molecule has 174 valence electrons. The smallest absolute Gasteiger partial charge is 0.254 e. The molecule has 2 heterocycles. The number of carbonyl (C=O) groups is 2. The number of piperidine rings is 2. The molecule has 0 bridgehead atoms. The summed E-state index contributed by atoms with van der Waals surface area (Å²) in [6.45, 7) is 3.74. The summed E-state index contributed by atoms with van der Waals surface area (Å²) in [6, 6.07) is 9.52. The number of hydrogen-bond acceptors (Lipinski definition) is 3. The zero-order chi connectivity index (χ0) is 23.0. The summed E-state index contributed by atoms with van der Waals surface area (Å²) in [5, 5.41) is 6.69. The molecule has 7 heteroatoms. The van der Waals surface area contributed by atoms with Crippen molar-refractivity contribution in [3.63, 3.8) is 0 Å². The number of amides is 2. The van der Waals surface area contributed by atoms with Crippen LogP contribution in [-0.4, -0.2) is 42.9 Å². The Morgan fingerprint density at radius 3 is 2.58 bits per heavy atom. The standard InChI is InChI=1S/C26H29ClFN3O2/c27-19-4-5-22(28)21(16-19)24(32)30-23-6-3-17-1-2-18(15-20(17)23)25(33)31-13-9-26(10-14-31)7-11-29-12-8-26/h1-2,4-5,15-16,23,29H,3,6-14H2,(H,30,32). The van der Waals surface area contributed by atoms with Crippen molar-refractivity contribution in [3.05, 3.63) is 69.5 Å². The molecular weight excluding hydrogens is 441 g/mol. The Hall–Kier alpha value is -2.44. The number of benzene rings is 2. The third-order valence-electron chi connectivity index (χ3n) is 7.72. The van der Waals surface area contributed by atoms with E-state index in [1.807, 2.05) is 23.1 Å². The third kappa shape index (κ3) is 4.51. The normalized spacial score (nSPS) is 21.6. The summed E-state index contributed by atoms with van der Waals surface area (Å²) in [6.07, 6.45) is 6.06. The summed E-state index contributed by atoms with van der Waals surface area (Å²) < 4.78 is 14.1. The number of halogens is 2. The van der Waals surface area contributed by atoms with Crippen molar-refractivity contribution in [2.45, 2.75) is 44.6 Å². The zero-order valence-electron chi connectivity index (χ0n) is 18.6. The van der Waals surface area contributed by atoms with Gasteiger partial charge < -0.3 is 15.5 Å². The number of fused-ring (bicyclic) bond motifs is 1. The maximum absolute atomic E-state index is 14.1. The van der Waals surface area contributed by atoms with E-state index in [4.69, 9.17) is 11.6 Å². The molecule has 0 saturated carbocycles. The van der Waals surface area contributed by atoms with Crippen molar-refractivity contribution in [2.24, 2.45) is 5.41 Å². The summed E-state index contributed by atoms with van der Waals surface area (Å²) in [5.41, 5.74) is 3.05. The summed E-state index contributed by atoms with van der Waals surface area (Å²) >= 11 is 5.94. The highest BCUT2D eigenvalue weighted by molar-refractivity contribution is 6.31. The molecule has 0 aromatic heterocycles. The van der Waals surface area contributed by atoms with Gasteiger partial charge in [0.15, 0.2) is 0 Å². The van der Waals surface area contributed by atoms with Crippen LogP contribution >= 0.6 is 11.6 Å². The van der Waals surface area contributed by atoms with Gasteiger partial charge in [-0.1, -0.05) is 17.7 Å². The molecule has 2 fully saturated rings. The lowest BCUT2D eigenvalue weighted by molar-refractivity contribution is 0.0495. The maximum Gasteiger partial charge on any atom is 0.254 e. The van der Waals surface area contributed by atoms with E-state index in [-0.39, 0.29) is 17.5 Å². The molecule has 3 aliphatic rings. The van der Waals surface area contributed by atoms with Crippen molar-refractivity contribution < 1.29 is 14.0 Å². The van der Waals surface area contributed by atoms with Crippen molar-refractivity contribution in [2.75, 3.05) is 26.2 Å². The molecule has 2 saturated heterocycles. The van der Waals surface area contributed by atoms with Gasteiger partial charge in [-0.3, -0.25) is 9.59 Å². The van der Waals surface area contributed by atoms with Gasteiger partial charge in [-0.25, -0.2) is 4.39 Å². The van der Waals surface area contributed by atoms with Crippen LogP contribution in [0.3, 0.4) is 0 Å². The first-order valence-corrected chi connectivity index (χ1v) is 12.2. The van der Waals surface area contributed by atoms with Gasteiger partial charge in [0, 0.05) is 23.7 Å². The van der Waals surface area contributed by atoms with Gasteiger partial charge in [0.1, 0.15) is 5.82 Å². The maximum atomic E-state index is 14.1. The number of aryl methyl sites for hydroxylation is 1. The fourth-order valence-electron chi connectivity index (χ4n) is 5.62. The van der Waals surface area contributed by atoms with Gasteiger partial charge in [-0.2, -0.15) is 0 Å². The highest BCUT2D eigenvalue weighted by Crippen LogP contribution is 2.40. The second kappa shape index (κ2) is 9.07. The van der Waals surface area contributed by atoms with E-state index >= 15 is 0 Å². The second-order valence-corrected chi connectivity index (χ2v) is 10.1. The molecule has 2 aliphatic heterocycles. The number of carbonyl (C=O) groups excluding carboxylic acids is 2. The van der Waals surface area contributed by atoms with Crippen LogP contribution in [0.25, 0.3) is 0 Å².